The van der Waals surface area contributed by atoms with E-state index in [-0.39, 0.29) is 5.04 Å². The Morgan fingerprint density at radius 3 is 2.11 bits per heavy atom. The number of allylic oxidation sites excluding steroid dienone is 2. The maximum atomic E-state index is 10.7. The van der Waals surface area contributed by atoms with Crippen LogP contribution in [0.1, 0.15) is 53.4 Å². The van der Waals surface area contributed by atoms with E-state index >= 15 is 0 Å². The van der Waals surface area contributed by atoms with E-state index in [1.54, 1.807) is 0 Å². The Kier molecular flexibility index (Phi) is 5.57. The summed E-state index contributed by atoms with van der Waals surface area (Å²) in [6, 6.07) is 0. The molecule has 0 aromatic rings. The van der Waals surface area contributed by atoms with Crippen LogP contribution in [0.15, 0.2) is 11.6 Å². The summed E-state index contributed by atoms with van der Waals surface area (Å²) in [4.78, 5) is 10.7. The van der Waals surface area contributed by atoms with Crippen LogP contribution in [0.3, 0.4) is 0 Å². The first-order valence-corrected chi connectivity index (χ1v) is 10.4. The first-order chi connectivity index (χ1) is 8.65. The number of carbonyl (C=O) groups is 1. The van der Waals surface area contributed by atoms with E-state index in [1.165, 1.54) is 0 Å². The van der Waals surface area contributed by atoms with Crippen LogP contribution in [0.5, 0.6) is 0 Å². The standard InChI is InChI=1S/C16H30O2Si/c1-13(12-17)11-14-7-9-15(10-8-14)18-19(5,6)16(2,3)4/h11-12,14-15H,7-10H2,1-6H3. The van der Waals surface area contributed by atoms with Crippen molar-refractivity contribution in [3.05, 3.63) is 11.6 Å². The topological polar surface area (TPSA) is 26.3 Å². The van der Waals surface area contributed by atoms with Gasteiger partial charge >= 0.3 is 0 Å². The van der Waals surface area contributed by atoms with Gasteiger partial charge < -0.3 is 4.43 Å². The van der Waals surface area contributed by atoms with Gasteiger partial charge in [-0.15, -0.1) is 0 Å². The first kappa shape index (κ1) is 16.6. The molecule has 0 spiro atoms. The smallest absolute Gasteiger partial charge is 0.192 e. The zero-order valence-corrected chi connectivity index (χ0v) is 14.5. The molecule has 0 unspecified atom stereocenters. The van der Waals surface area contributed by atoms with Crippen LogP contribution >= 0.6 is 0 Å². The van der Waals surface area contributed by atoms with Crippen LogP contribution in [0.25, 0.3) is 0 Å². The predicted octanol–water partition coefficient (Wildman–Crippen LogP) is 4.71. The fourth-order valence-corrected chi connectivity index (χ4v) is 3.80. The molecule has 0 heterocycles. The van der Waals surface area contributed by atoms with Crippen molar-refractivity contribution in [1.29, 1.82) is 0 Å². The summed E-state index contributed by atoms with van der Waals surface area (Å²) in [6.45, 7) is 13.4. The molecule has 0 aromatic heterocycles. The molecule has 110 valence electrons. The molecule has 0 N–H and O–H groups in total. The van der Waals surface area contributed by atoms with Crippen LogP contribution in [-0.4, -0.2) is 20.7 Å². The van der Waals surface area contributed by atoms with Crippen molar-refractivity contribution in [2.75, 3.05) is 0 Å². The molecule has 0 atom stereocenters. The fourth-order valence-electron chi connectivity index (χ4n) is 2.38. The highest BCUT2D eigenvalue weighted by Crippen LogP contribution is 2.39. The molecule has 3 heteroatoms. The van der Waals surface area contributed by atoms with Crippen molar-refractivity contribution >= 4 is 14.6 Å². The lowest BCUT2D eigenvalue weighted by molar-refractivity contribution is -0.104. The second-order valence-corrected chi connectivity index (χ2v) is 12.2. The zero-order chi connectivity index (χ0) is 14.7. The lowest BCUT2D eigenvalue weighted by atomic mass is 9.86. The number of carbonyl (C=O) groups excluding carboxylic acids is 1. The van der Waals surface area contributed by atoms with E-state index in [9.17, 15) is 4.79 Å². The molecule has 0 saturated heterocycles. The molecule has 19 heavy (non-hydrogen) atoms. The Morgan fingerprint density at radius 2 is 1.68 bits per heavy atom. The van der Waals surface area contributed by atoms with Gasteiger partial charge in [0.05, 0.1) is 0 Å². The quantitative estimate of drug-likeness (QED) is 0.424. The van der Waals surface area contributed by atoms with Gasteiger partial charge in [0.2, 0.25) is 0 Å². The molecule has 1 saturated carbocycles. The highest BCUT2D eigenvalue weighted by molar-refractivity contribution is 6.74. The summed E-state index contributed by atoms with van der Waals surface area (Å²) in [5.74, 6) is 0.574. The van der Waals surface area contributed by atoms with E-state index < -0.39 is 8.32 Å². The van der Waals surface area contributed by atoms with Crippen molar-refractivity contribution in [2.24, 2.45) is 5.92 Å². The minimum Gasteiger partial charge on any atom is -0.414 e. The van der Waals surface area contributed by atoms with Gasteiger partial charge in [-0.25, -0.2) is 0 Å². The summed E-state index contributed by atoms with van der Waals surface area (Å²) in [7, 11) is -1.62. The molecule has 0 aliphatic heterocycles. The molecule has 0 bridgehead atoms. The Morgan fingerprint density at radius 1 is 1.16 bits per heavy atom. The van der Waals surface area contributed by atoms with Crippen LogP contribution in [0.4, 0.5) is 0 Å². The number of aldehydes is 1. The Labute approximate surface area is 119 Å². The largest absolute Gasteiger partial charge is 0.414 e. The van der Waals surface area contributed by atoms with Crippen LogP contribution in [-0.2, 0) is 9.22 Å². The summed E-state index contributed by atoms with van der Waals surface area (Å²) in [5, 5.41) is 0.290. The van der Waals surface area contributed by atoms with E-state index in [0.29, 0.717) is 12.0 Å². The van der Waals surface area contributed by atoms with Gasteiger partial charge in [-0.2, -0.15) is 0 Å². The summed E-state index contributed by atoms with van der Waals surface area (Å²) >= 11 is 0. The molecule has 1 fully saturated rings. The summed E-state index contributed by atoms with van der Waals surface area (Å²) < 4.78 is 6.47. The van der Waals surface area contributed by atoms with Crippen LogP contribution in [0.2, 0.25) is 18.1 Å². The number of rotatable bonds is 4. The third-order valence-corrected chi connectivity index (χ3v) is 9.21. The monoisotopic (exact) mass is 282 g/mol. The molecular weight excluding hydrogens is 252 g/mol. The minimum atomic E-state index is -1.62. The maximum absolute atomic E-state index is 10.7. The van der Waals surface area contributed by atoms with Crippen LogP contribution < -0.4 is 0 Å². The predicted molar refractivity (Wildman–Crippen MR) is 83.8 cm³/mol. The van der Waals surface area contributed by atoms with Gasteiger partial charge in [-0.3, -0.25) is 4.79 Å². The van der Waals surface area contributed by atoms with Gasteiger partial charge in [0, 0.05) is 6.10 Å². The Balaban J connectivity index is 2.49. The summed E-state index contributed by atoms with van der Waals surface area (Å²) in [5.41, 5.74) is 0.869. The average molecular weight is 283 g/mol. The van der Waals surface area contributed by atoms with Crippen molar-refractivity contribution in [1.82, 2.24) is 0 Å². The van der Waals surface area contributed by atoms with Crippen molar-refractivity contribution in [2.45, 2.75) is 77.6 Å². The molecule has 1 rings (SSSR count). The fraction of sp³-hybridized carbons (Fsp3) is 0.812. The Bertz CT molecular complexity index is 331. The molecular formula is C16H30O2Si. The van der Waals surface area contributed by atoms with Crippen LogP contribution in [0, 0.1) is 5.92 Å². The van der Waals surface area contributed by atoms with Crippen molar-refractivity contribution in [3.63, 3.8) is 0 Å². The third-order valence-electron chi connectivity index (χ3n) is 4.67. The molecule has 2 nitrogen and oxygen atoms in total. The normalized spacial score (nSPS) is 26.3. The number of hydrogen-bond donors (Lipinski definition) is 0. The molecule has 1 aliphatic rings. The van der Waals surface area contributed by atoms with Crippen molar-refractivity contribution in [3.8, 4) is 0 Å². The SMILES string of the molecule is CC(C=O)=CC1CCC(O[Si](C)(C)C(C)(C)C)CC1. The molecule has 1 aliphatic carbocycles. The van der Waals surface area contributed by atoms with Gasteiger partial charge in [0.1, 0.15) is 6.29 Å². The highest BCUT2D eigenvalue weighted by atomic mass is 28.4. The van der Waals surface area contributed by atoms with E-state index in [2.05, 4.69) is 39.9 Å². The average Bonchev–Trinajstić information content (AvgIpc) is 2.29. The van der Waals surface area contributed by atoms with Crippen molar-refractivity contribution < 1.29 is 9.22 Å². The third kappa shape index (κ3) is 4.88. The second-order valence-electron chi connectivity index (χ2n) is 7.44. The van der Waals surface area contributed by atoms with Gasteiger partial charge in [0.25, 0.3) is 0 Å². The van der Waals surface area contributed by atoms with E-state index in [4.69, 9.17) is 4.43 Å². The Hall–Kier alpha value is -0.413. The molecule has 0 amide bonds. The highest BCUT2D eigenvalue weighted by Gasteiger charge is 2.39. The first-order valence-electron chi connectivity index (χ1n) is 7.47. The lowest BCUT2D eigenvalue weighted by Gasteiger charge is -2.41. The molecule has 0 radical (unpaired) electrons. The van der Waals surface area contributed by atoms with Gasteiger partial charge in [-0.1, -0.05) is 26.8 Å². The molecule has 0 aromatic carbocycles. The lowest BCUT2D eigenvalue weighted by Crippen LogP contribution is -2.44. The van der Waals surface area contributed by atoms with Gasteiger partial charge in [-0.05, 0) is 62.2 Å². The number of hydrogen-bond acceptors (Lipinski definition) is 2. The summed E-state index contributed by atoms with van der Waals surface area (Å²) in [6.07, 6.45) is 8.12. The van der Waals surface area contributed by atoms with E-state index in [0.717, 1.165) is 37.5 Å². The minimum absolute atomic E-state index is 0.290. The maximum Gasteiger partial charge on any atom is 0.192 e. The zero-order valence-electron chi connectivity index (χ0n) is 13.5. The van der Waals surface area contributed by atoms with Gasteiger partial charge in [0.15, 0.2) is 8.32 Å². The van der Waals surface area contributed by atoms with E-state index in [1.807, 2.05) is 6.92 Å². The second kappa shape index (κ2) is 6.36.